The van der Waals surface area contributed by atoms with Crippen LogP contribution in [0.5, 0.6) is 0 Å². The molecule has 2 aromatic carbocycles. The number of hydrogen-bond donors (Lipinski definition) is 2. The van der Waals surface area contributed by atoms with Gasteiger partial charge in [-0.15, -0.1) is 5.10 Å². The number of carbonyl (C=O) groups excluding carboxylic acids is 3. The zero-order valence-electron chi connectivity index (χ0n) is 23.9. The predicted octanol–water partition coefficient (Wildman–Crippen LogP) is 4.81. The van der Waals surface area contributed by atoms with Gasteiger partial charge in [-0.05, 0) is 64.4 Å². The van der Waals surface area contributed by atoms with Gasteiger partial charge < -0.3 is 15.4 Å². The maximum Gasteiger partial charge on any atom is 0.435 e. The molecule has 0 saturated heterocycles. The van der Waals surface area contributed by atoms with Gasteiger partial charge in [-0.3, -0.25) is 14.5 Å². The number of rotatable bonds is 5. The highest BCUT2D eigenvalue weighted by Crippen LogP contribution is 2.39. The first-order chi connectivity index (χ1) is 19.9. The monoisotopic (exact) mass is 563 g/mol. The lowest BCUT2D eigenvalue weighted by Crippen LogP contribution is -2.34. The Morgan fingerprint density at radius 3 is 2.17 bits per heavy atom. The Morgan fingerprint density at radius 1 is 1.02 bits per heavy atom. The van der Waals surface area contributed by atoms with E-state index in [1.807, 2.05) is 0 Å². The summed E-state index contributed by atoms with van der Waals surface area (Å²) in [5.74, 6) is -1.03. The van der Waals surface area contributed by atoms with Crippen molar-refractivity contribution in [2.45, 2.75) is 46.1 Å². The van der Waals surface area contributed by atoms with Crippen molar-refractivity contribution in [3.05, 3.63) is 81.7 Å². The molecule has 2 amide bonds. The summed E-state index contributed by atoms with van der Waals surface area (Å²) in [7, 11) is 0. The molecule has 0 bridgehead atoms. The fraction of sp³-hybridized carbons (Fsp3) is 0.290. The summed E-state index contributed by atoms with van der Waals surface area (Å²) >= 11 is 0. The van der Waals surface area contributed by atoms with Crippen LogP contribution in [0.15, 0.2) is 65.0 Å². The number of amides is 2. The average Bonchev–Trinajstić information content (AvgIpc) is 3.42. The standard InChI is InChI=1S/C31H29N7O4/c1-17-23(15-32)26(24(16-33)18(2)35-17)19-10-11-25-22(14-19)27(36-38(25)30(41)42-31(3,4)5)34-12-13-37-28(39)20-8-6-7-9-21(20)29(37)40/h6-11,14,26,35H,12-13H2,1-5H3,(H,34,36). The number of hydrogen-bond acceptors (Lipinski definition) is 9. The third kappa shape index (κ3) is 4.86. The van der Waals surface area contributed by atoms with Gasteiger partial charge in [-0.25, -0.2) is 4.79 Å². The lowest BCUT2D eigenvalue weighted by Gasteiger charge is -2.26. The van der Waals surface area contributed by atoms with E-state index < -0.39 is 17.6 Å². The summed E-state index contributed by atoms with van der Waals surface area (Å²) in [6.07, 6.45) is -0.683. The summed E-state index contributed by atoms with van der Waals surface area (Å²) in [5, 5.41) is 31.2. The quantitative estimate of drug-likeness (QED) is 0.416. The predicted molar refractivity (Wildman–Crippen MR) is 154 cm³/mol. The summed E-state index contributed by atoms with van der Waals surface area (Å²) in [4.78, 5) is 39.9. The number of dihydropyridines is 1. The third-order valence-corrected chi connectivity index (χ3v) is 7.11. The third-order valence-electron chi connectivity index (χ3n) is 7.11. The number of imide groups is 1. The van der Waals surface area contributed by atoms with Gasteiger partial charge in [-0.2, -0.15) is 15.2 Å². The number of carbonyl (C=O) groups is 3. The fourth-order valence-electron chi connectivity index (χ4n) is 5.24. The lowest BCUT2D eigenvalue weighted by molar-refractivity contribution is 0.0522. The molecule has 0 fully saturated rings. The van der Waals surface area contributed by atoms with Gasteiger partial charge in [0.2, 0.25) is 0 Å². The van der Waals surface area contributed by atoms with Gasteiger partial charge in [-0.1, -0.05) is 18.2 Å². The zero-order chi connectivity index (χ0) is 30.3. The van der Waals surface area contributed by atoms with E-state index in [1.54, 1.807) is 77.1 Å². The number of nitrogens with one attached hydrogen (secondary N) is 2. The molecular formula is C31H29N7O4. The molecular weight excluding hydrogens is 534 g/mol. The van der Waals surface area contributed by atoms with Crippen molar-refractivity contribution in [3.8, 4) is 12.1 Å². The average molecular weight is 564 g/mol. The molecule has 0 unspecified atom stereocenters. The van der Waals surface area contributed by atoms with E-state index in [9.17, 15) is 24.9 Å². The van der Waals surface area contributed by atoms with Crippen LogP contribution in [-0.2, 0) is 4.74 Å². The van der Waals surface area contributed by atoms with Gasteiger partial charge in [0.25, 0.3) is 11.8 Å². The van der Waals surface area contributed by atoms with Crippen LogP contribution in [0.1, 0.15) is 66.8 Å². The van der Waals surface area contributed by atoms with Crippen LogP contribution in [0.3, 0.4) is 0 Å². The van der Waals surface area contributed by atoms with E-state index in [0.29, 0.717) is 56.0 Å². The highest BCUT2D eigenvalue weighted by molar-refractivity contribution is 6.21. The first-order valence-electron chi connectivity index (χ1n) is 13.4. The zero-order valence-corrected chi connectivity index (χ0v) is 23.9. The molecule has 0 spiro atoms. The van der Waals surface area contributed by atoms with E-state index >= 15 is 0 Å². The number of nitriles is 2. The van der Waals surface area contributed by atoms with Crippen molar-refractivity contribution in [3.63, 3.8) is 0 Å². The minimum absolute atomic E-state index is 0.0716. The van der Waals surface area contributed by atoms with Gasteiger partial charge in [0, 0.05) is 29.9 Å². The van der Waals surface area contributed by atoms with Crippen LogP contribution < -0.4 is 10.6 Å². The van der Waals surface area contributed by atoms with Crippen LogP contribution in [-0.4, -0.2) is 51.3 Å². The first kappa shape index (κ1) is 28.1. The van der Waals surface area contributed by atoms with Crippen LogP contribution in [0.2, 0.25) is 0 Å². The number of allylic oxidation sites excluding steroid dienone is 4. The van der Waals surface area contributed by atoms with Crippen LogP contribution in [0, 0.1) is 22.7 Å². The summed E-state index contributed by atoms with van der Waals surface area (Å²) < 4.78 is 6.71. The van der Waals surface area contributed by atoms with Gasteiger partial charge in [0.15, 0.2) is 5.82 Å². The minimum atomic E-state index is -0.766. The molecule has 0 radical (unpaired) electrons. The van der Waals surface area contributed by atoms with Crippen molar-refractivity contribution < 1.29 is 19.1 Å². The number of anilines is 1. The second-order valence-electron chi connectivity index (χ2n) is 11.1. The highest BCUT2D eigenvalue weighted by atomic mass is 16.6. The van der Waals surface area contributed by atoms with E-state index in [2.05, 4.69) is 27.9 Å². The molecule has 2 aliphatic heterocycles. The van der Waals surface area contributed by atoms with Crippen molar-refractivity contribution in [1.82, 2.24) is 20.0 Å². The van der Waals surface area contributed by atoms with E-state index in [-0.39, 0.29) is 24.9 Å². The molecule has 1 aromatic heterocycles. The van der Waals surface area contributed by atoms with E-state index in [0.717, 1.165) is 4.68 Å². The van der Waals surface area contributed by atoms with Crippen LogP contribution in [0.4, 0.5) is 10.6 Å². The number of ether oxygens (including phenoxy) is 1. The molecule has 0 saturated carbocycles. The Balaban J connectivity index is 1.52. The lowest BCUT2D eigenvalue weighted by atomic mass is 9.81. The number of benzene rings is 2. The molecule has 0 atom stereocenters. The number of nitrogens with zero attached hydrogens (tertiary/aromatic N) is 5. The van der Waals surface area contributed by atoms with Crippen molar-refractivity contribution in [2.75, 3.05) is 18.4 Å². The summed E-state index contributed by atoms with van der Waals surface area (Å²) in [5.41, 5.74) is 3.21. The Labute approximate surface area is 242 Å². The molecule has 0 aliphatic carbocycles. The molecule has 212 valence electrons. The maximum atomic E-state index is 13.1. The summed E-state index contributed by atoms with van der Waals surface area (Å²) in [6.45, 7) is 9.06. The Hall–Kier alpha value is -5.42. The molecule has 5 rings (SSSR count). The Bertz CT molecular complexity index is 1740. The molecule has 2 aliphatic rings. The smallest absolute Gasteiger partial charge is 0.435 e. The van der Waals surface area contributed by atoms with E-state index in [1.165, 1.54) is 4.90 Å². The molecule has 3 heterocycles. The van der Waals surface area contributed by atoms with E-state index in [4.69, 9.17) is 4.74 Å². The van der Waals surface area contributed by atoms with Gasteiger partial charge in [0.1, 0.15) is 5.60 Å². The first-order valence-corrected chi connectivity index (χ1v) is 13.4. The van der Waals surface area contributed by atoms with Crippen molar-refractivity contribution in [1.29, 1.82) is 10.5 Å². The summed E-state index contributed by atoms with van der Waals surface area (Å²) in [6, 6.07) is 16.4. The molecule has 42 heavy (non-hydrogen) atoms. The topological polar surface area (TPSA) is 153 Å². The van der Waals surface area contributed by atoms with Gasteiger partial charge >= 0.3 is 6.09 Å². The largest absolute Gasteiger partial charge is 0.442 e. The molecule has 3 aromatic rings. The second kappa shape index (κ2) is 10.5. The molecule has 11 heteroatoms. The SMILES string of the molecule is CC1=C(C#N)C(c2ccc3c(c2)c(NCCN2C(=O)c4ccccc4C2=O)nn3C(=O)OC(C)(C)C)C(C#N)=C(C)N1. The maximum absolute atomic E-state index is 13.1. The van der Waals surface area contributed by atoms with Crippen LogP contribution >= 0.6 is 0 Å². The van der Waals surface area contributed by atoms with Crippen molar-refractivity contribution in [2.24, 2.45) is 0 Å². The normalized spacial score (nSPS) is 15.5. The second-order valence-corrected chi connectivity index (χ2v) is 11.1. The minimum Gasteiger partial charge on any atom is -0.442 e. The van der Waals surface area contributed by atoms with Crippen molar-refractivity contribution >= 4 is 34.6 Å². The number of aromatic nitrogens is 2. The molecule has 11 nitrogen and oxygen atoms in total. The van der Waals surface area contributed by atoms with Gasteiger partial charge in [0.05, 0.1) is 45.8 Å². The number of fused-ring (bicyclic) bond motifs is 2. The highest BCUT2D eigenvalue weighted by Gasteiger charge is 2.35. The Morgan fingerprint density at radius 2 is 1.62 bits per heavy atom. The fourth-order valence-corrected chi connectivity index (χ4v) is 5.24. The van der Waals surface area contributed by atoms with Crippen LogP contribution in [0.25, 0.3) is 10.9 Å². The molecule has 2 N–H and O–H groups in total. The Kier molecular flexibility index (Phi) is 7.05.